The molecule has 0 aliphatic rings. The van der Waals surface area contributed by atoms with Crippen molar-refractivity contribution in [3.05, 3.63) is 60.2 Å². The van der Waals surface area contributed by atoms with Crippen LogP contribution in [0.5, 0.6) is 11.5 Å². The van der Waals surface area contributed by atoms with Gasteiger partial charge in [0.05, 0.1) is 18.9 Å². The molecular formula is C20H23NO3. The molecule has 2 aromatic rings. The van der Waals surface area contributed by atoms with Crippen LogP contribution in [-0.4, -0.2) is 19.1 Å². The van der Waals surface area contributed by atoms with Gasteiger partial charge in [0.25, 0.3) is 0 Å². The normalized spacial score (nSPS) is 10.6. The van der Waals surface area contributed by atoms with Crippen LogP contribution in [0.2, 0.25) is 0 Å². The summed E-state index contributed by atoms with van der Waals surface area (Å²) in [6, 6.07) is 15.0. The second kappa shape index (κ2) is 9.40. The van der Waals surface area contributed by atoms with Crippen LogP contribution in [0.25, 0.3) is 6.08 Å². The molecule has 4 heteroatoms. The van der Waals surface area contributed by atoms with Crippen molar-refractivity contribution in [3.63, 3.8) is 0 Å². The molecule has 1 N–H and O–H groups in total. The lowest BCUT2D eigenvalue weighted by Gasteiger charge is -2.10. The van der Waals surface area contributed by atoms with Gasteiger partial charge < -0.3 is 14.8 Å². The van der Waals surface area contributed by atoms with Crippen molar-refractivity contribution in [2.24, 2.45) is 0 Å². The van der Waals surface area contributed by atoms with E-state index in [-0.39, 0.29) is 5.91 Å². The van der Waals surface area contributed by atoms with Crippen LogP contribution in [0.1, 0.15) is 25.8 Å². The number of hydrogen-bond donors (Lipinski definition) is 1. The fourth-order valence-electron chi connectivity index (χ4n) is 2.15. The minimum Gasteiger partial charge on any atom is -0.493 e. The zero-order chi connectivity index (χ0) is 17.2. The Labute approximate surface area is 143 Å². The van der Waals surface area contributed by atoms with E-state index in [1.54, 1.807) is 6.08 Å². The van der Waals surface area contributed by atoms with Crippen LogP contribution >= 0.6 is 0 Å². The van der Waals surface area contributed by atoms with Gasteiger partial charge in [-0.15, -0.1) is 0 Å². The summed E-state index contributed by atoms with van der Waals surface area (Å²) in [6.45, 7) is 5.16. The fourth-order valence-corrected chi connectivity index (χ4v) is 2.15. The van der Waals surface area contributed by atoms with Crippen molar-refractivity contribution in [1.82, 2.24) is 0 Å². The highest BCUT2D eigenvalue weighted by Gasteiger charge is 2.05. The van der Waals surface area contributed by atoms with E-state index >= 15 is 0 Å². The van der Waals surface area contributed by atoms with Gasteiger partial charge in [-0.25, -0.2) is 0 Å². The predicted molar refractivity (Wildman–Crippen MR) is 97.5 cm³/mol. The van der Waals surface area contributed by atoms with E-state index in [1.807, 2.05) is 55.5 Å². The summed E-state index contributed by atoms with van der Waals surface area (Å²) in [7, 11) is 0. The molecule has 0 radical (unpaired) electrons. The van der Waals surface area contributed by atoms with E-state index in [0.717, 1.165) is 17.7 Å². The quantitative estimate of drug-likeness (QED) is 0.726. The molecular weight excluding hydrogens is 302 g/mol. The number of amides is 1. The van der Waals surface area contributed by atoms with E-state index in [9.17, 15) is 4.79 Å². The average molecular weight is 325 g/mol. The Hall–Kier alpha value is -2.75. The van der Waals surface area contributed by atoms with Crippen LogP contribution in [0, 0.1) is 0 Å². The fraction of sp³-hybridized carbons (Fsp3) is 0.250. The van der Waals surface area contributed by atoms with Crippen molar-refractivity contribution in [1.29, 1.82) is 0 Å². The second-order valence-electron chi connectivity index (χ2n) is 5.14. The molecule has 0 saturated carbocycles. The van der Waals surface area contributed by atoms with E-state index < -0.39 is 0 Å². The van der Waals surface area contributed by atoms with Gasteiger partial charge in [0, 0.05) is 11.6 Å². The molecule has 0 aliphatic heterocycles. The number of carbonyl (C=O) groups is 1. The van der Waals surface area contributed by atoms with Crippen molar-refractivity contribution in [3.8, 4) is 11.5 Å². The van der Waals surface area contributed by atoms with Crippen molar-refractivity contribution >= 4 is 17.7 Å². The minimum absolute atomic E-state index is 0.215. The van der Waals surface area contributed by atoms with E-state index in [0.29, 0.717) is 24.7 Å². The number of benzene rings is 2. The SMILES string of the molecule is CCCOc1ccccc1C=CC(=O)Nc1ccccc1OCC. The molecule has 0 saturated heterocycles. The van der Waals surface area contributed by atoms with Gasteiger partial charge in [-0.3, -0.25) is 4.79 Å². The zero-order valence-corrected chi connectivity index (χ0v) is 14.1. The van der Waals surface area contributed by atoms with Crippen LogP contribution in [-0.2, 0) is 4.79 Å². The molecule has 0 fully saturated rings. The maximum Gasteiger partial charge on any atom is 0.248 e. The third-order valence-electron chi connectivity index (χ3n) is 3.24. The number of para-hydroxylation sites is 3. The van der Waals surface area contributed by atoms with Gasteiger partial charge in [0.1, 0.15) is 11.5 Å². The highest BCUT2D eigenvalue weighted by molar-refractivity contribution is 6.02. The Morgan fingerprint density at radius 3 is 2.46 bits per heavy atom. The second-order valence-corrected chi connectivity index (χ2v) is 5.14. The first-order valence-electron chi connectivity index (χ1n) is 8.17. The molecule has 0 aliphatic carbocycles. The number of ether oxygens (including phenoxy) is 2. The van der Waals surface area contributed by atoms with Crippen LogP contribution in [0.15, 0.2) is 54.6 Å². The van der Waals surface area contributed by atoms with Gasteiger partial charge in [-0.1, -0.05) is 37.3 Å². The summed E-state index contributed by atoms with van der Waals surface area (Å²) >= 11 is 0. The highest BCUT2D eigenvalue weighted by atomic mass is 16.5. The Bertz CT molecular complexity index is 695. The maximum atomic E-state index is 12.2. The lowest BCUT2D eigenvalue weighted by Crippen LogP contribution is -2.09. The third-order valence-corrected chi connectivity index (χ3v) is 3.24. The predicted octanol–water partition coefficient (Wildman–Crippen LogP) is 4.53. The van der Waals surface area contributed by atoms with Crippen molar-refractivity contribution in [2.45, 2.75) is 20.3 Å². The van der Waals surface area contributed by atoms with Gasteiger partial charge in [-0.05, 0) is 37.6 Å². The average Bonchev–Trinajstić information content (AvgIpc) is 2.61. The topological polar surface area (TPSA) is 47.6 Å². The zero-order valence-electron chi connectivity index (χ0n) is 14.1. The Morgan fingerprint density at radius 2 is 1.71 bits per heavy atom. The third kappa shape index (κ3) is 5.16. The largest absolute Gasteiger partial charge is 0.493 e. The molecule has 1 amide bonds. The molecule has 0 aromatic heterocycles. The highest BCUT2D eigenvalue weighted by Crippen LogP contribution is 2.24. The molecule has 2 rings (SSSR count). The van der Waals surface area contributed by atoms with Crippen LogP contribution in [0.4, 0.5) is 5.69 Å². The Balaban J connectivity index is 2.06. The molecule has 24 heavy (non-hydrogen) atoms. The first-order valence-corrected chi connectivity index (χ1v) is 8.17. The molecule has 4 nitrogen and oxygen atoms in total. The van der Waals surface area contributed by atoms with E-state index in [1.165, 1.54) is 6.08 Å². The summed E-state index contributed by atoms with van der Waals surface area (Å²) in [5.74, 6) is 1.22. The molecule has 0 heterocycles. The van der Waals surface area contributed by atoms with E-state index in [4.69, 9.17) is 9.47 Å². The first-order chi connectivity index (χ1) is 11.7. The smallest absolute Gasteiger partial charge is 0.248 e. The summed E-state index contributed by atoms with van der Waals surface area (Å²) < 4.78 is 11.2. The lowest BCUT2D eigenvalue weighted by molar-refractivity contribution is -0.111. The molecule has 0 unspecified atom stereocenters. The van der Waals surface area contributed by atoms with Crippen molar-refractivity contribution < 1.29 is 14.3 Å². The molecule has 2 aromatic carbocycles. The molecule has 0 bridgehead atoms. The molecule has 126 valence electrons. The summed E-state index contributed by atoms with van der Waals surface area (Å²) in [6.07, 6.45) is 4.19. The number of carbonyl (C=O) groups excluding carboxylic acids is 1. The number of anilines is 1. The molecule has 0 atom stereocenters. The van der Waals surface area contributed by atoms with Crippen LogP contribution < -0.4 is 14.8 Å². The summed E-state index contributed by atoms with van der Waals surface area (Å²) in [4.78, 5) is 12.2. The molecule has 0 spiro atoms. The maximum absolute atomic E-state index is 12.2. The van der Waals surface area contributed by atoms with Crippen molar-refractivity contribution in [2.75, 3.05) is 18.5 Å². The first kappa shape index (κ1) is 17.6. The Kier molecular flexibility index (Phi) is 6.90. The summed E-state index contributed by atoms with van der Waals surface area (Å²) in [5, 5.41) is 2.84. The van der Waals surface area contributed by atoms with Gasteiger partial charge in [0.2, 0.25) is 5.91 Å². The van der Waals surface area contributed by atoms with Gasteiger partial charge in [0.15, 0.2) is 0 Å². The standard InChI is InChI=1S/C20H23NO3/c1-3-15-24-18-11-7-5-9-16(18)13-14-20(22)21-17-10-6-8-12-19(17)23-4-2/h5-14H,3-4,15H2,1-2H3,(H,21,22). The lowest BCUT2D eigenvalue weighted by atomic mass is 10.2. The minimum atomic E-state index is -0.215. The number of nitrogens with one attached hydrogen (secondary N) is 1. The van der Waals surface area contributed by atoms with Gasteiger partial charge in [-0.2, -0.15) is 0 Å². The summed E-state index contributed by atoms with van der Waals surface area (Å²) in [5.41, 5.74) is 1.53. The van der Waals surface area contributed by atoms with Gasteiger partial charge >= 0.3 is 0 Å². The monoisotopic (exact) mass is 325 g/mol. The number of rotatable bonds is 8. The van der Waals surface area contributed by atoms with Crippen LogP contribution in [0.3, 0.4) is 0 Å². The Morgan fingerprint density at radius 1 is 1.00 bits per heavy atom. The van der Waals surface area contributed by atoms with E-state index in [2.05, 4.69) is 12.2 Å². The number of hydrogen-bond acceptors (Lipinski definition) is 3.